The quantitative estimate of drug-likeness (QED) is 0.839. The van der Waals surface area contributed by atoms with E-state index in [1.807, 2.05) is 17.6 Å². The zero-order valence-electron chi connectivity index (χ0n) is 10.7. The predicted molar refractivity (Wildman–Crippen MR) is 79.2 cm³/mol. The van der Waals surface area contributed by atoms with Crippen LogP contribution in [0, 0.1) is 0 Å². The zero-order chi connectivity index (χ0) is 13.0. The van der Waals surface area contributed by atoms with Crippen molar-refractivity contribution in [3.63, 3.8) is 0 Å². The maximum absolute atomic E-state index is 11.8. The molecule has 0 aromatic carbocycles. The lowest BCUT2D eigenvalue weighted by Crippen LogP contribution is -2.40. The fraction of sp³-hybridized carbons (Fsp3) is 0.615. The summed E-state index contributed by atoms with van der Waals surface area (Å²) in [5.74, 6) is 0.902. The minimum Gasteiger partial charge on any atom is -0.350 e. The van der Waals surface area contributed by atoms with E-state index < -0.39 is 0 Å². The molecule has 0 radical (unpaired) electrons. The Balaban J connectivity index is 1.78. The molecule has 3 N–H and O–H groups in total. The lowest BCUT2D eigenvalue weighted by Gasteiger charge is -2.10. The summed E-state index contributed by atoms with van der Waals surface area (Å²) in [6.07, 6.45) is 6.47. The maximum Gasteiger partial charge on any atom is 0.237 e. The summed E-state index contributed by atoms with van der Waals surface area (Å²) in [5.41, 5.74) is 7.30. The number of thiophene rings is 1. The van der Waals surface area contributed by atoms with E-state index in [-0.39, 0.29) is 11.9 Å². The molecule has 0 spiro atoms. The van der Waals surface area contributed by atoms with E-state index in [0.717, 1.165) is 12.2 Å². The molecule has 0 aliphatic heterocycles. The van der Waals surface area contributed by atoms with Crippen LogP contribution in [-0.4, -0.2) is 24.0 Å². The van der Waals surface area contributed by atoms with Gasteiger partial charge in [0.15, 0.2) is 0 Å². The fourth-order valence-corrected chi connectivity index (χ4v) is 3.85. The Morgan fingerprint density at radius 2 is 2.44 bits per heavy atom. The number of nitrogens with two attached hydrogens (primary N) is 1. The molecule has 1 aromatic heterocycles. The highest BCUT2D eigenvalue weighted by Gasteiger charge is 2.16. The molecule has 0 bridgehead atoms. The number of hydrogen-bond donors (Lipinski definition) is 2. The molecule has 1 aromatic rings. The molecule has 1 heterocycles. The van der Waals surface area contributed by atoms with Gasteiger partial charge in [-0.05, 0) is 49.3 Å². The summed E-state index contributed by atoms with van der Waals surface area (Å²) < 4.78 is 0. The predicted octanol–water partition coefficient (Wildman–Crippen LogP) is 1.93. The lowest BCUT2D eigenvalue weighted by atomic mass is 10.2. The molecule has 0 unspecified atom stereocenters. The average molecular weight is 284 g/mol. The monoisotopic (exact) mass is 284 g/mol. The van der Waals surface area contributed by atoms with Crippen molar-refractivity contribution in [3.05, 3.63) is 21.4 Å². The Morgan fingerprint density at radius 3 is 3.17 bits per heavy atom. The first kappa shape index (κ1) is 13.9. The molecule has 2 rings (SSSR count). The maximum atomic E-state index is 11.8. The lowest BCUT2D eigenvalue weighted by molar-refractivity contribution is -0.122. The molecule has 0 saturated heterocycles. The summed E-state index contributed by atoms with van der Waals surface area (Å²) in [5, 5.41) is 2.93. The summed E-state index contributed by atoms with van der Waals surface area (Å²) >= 11 is 3.55. The van der Waals surface area contributed by atoms with Crippen LogP contribution in [0.15, 0.2) is 6.07 Å². The Bertz CT molecular complexity index is 396. The highest BCUT2D eigenvalue weighted by molar-refractivity contribution is 7.98. The van der Waals surface area contributed by atoms with Gasteiger partial charge in [0.05, 0.1) is 12.6 Å². The Kier molecular flexibility index (Phi) is 5.09. The molecule has 1 amide bonds. The van der Waals surface area contributed by atoms with Crippen LogP contribution in [-0.2, 0) is 24.2 Å². The molecule has 1 atom stereocenters. The number of carbonyl (C=O) groups excluding carboxylic acids is 1. The van der Waals surface area contributed by atoms with E-state index in [9.17, 15) is 4.79 Å². The molecule has 100 valence electrons. The van der Waals surface area contributed by atoms with Gasteiger partial charge in [0.25, 0.3) is 0 Å². The van der Waals surface area contributed by atoms with Crippen LogP contribution in [0.3, 0.4) is 0 Å². The van der Waals surface area contributed by atoms with Gasteiger partial charge in [0.2, 0.25) is 5.91 Å². The third-order valence-electron chi connectivity index (χ3n) is 3.20. The fourth-order valence-electron chi connectivity index (χ4n) is 2.16. The number of amides is 1. The molecule has 0 fully saturated rings. The van der Waals surface area contributed by atoms with E-state index in [4.69, 9.17) is 5.73 Å². The van der Waals surface area contributed by atoms with Crippen LogP contribution in [0.25, 0.3) is 0 Å². The average Bonchev–Trinajstić information content (AvgIpc) is 2.93. The molecule has 1 aliphatic rings. The molecular formula is C13H20N2OS2. The van der Waals surface area contributed by atoms with Gasteiger partial charge in [-0.1, -0.05) is 0 Å². The van der Waals surface area contributed by atoms with Crippen molar-refractivity contribution in [2.75, 3.05) is 12.0 Å². The number of aryl methyl sites for hydroxylation is 2. The van der Waals surface area contributed by atoms with Crippen LogP contribution >= 0.6 is 23.1 Å². The Hall–Kier alpha value is -0.520. The van der Waals surface area contributed by atoms with Gasteiger partial charge in [-0.3, -0.25) is 4.79 Å². The topological polar surface area (TPSA) is 55.1 Å². The van der Waals surface area contributed by atoms with Crippen LogP contribution in [0.5, 0.6) is 0 Å². The second-order valence-electron chi connectivity index (χ2n) is 4.62. The van der Waals surface area contributed by atoms with Gasteiger partial charge >= 0.3 is 0 Å². The number of nitrogens with one attached hydrogen (secondary N) is 1. The minimum atomic E-state index is -0.371. The molecule has 18 heavy (non-hydrogen) atoms. The van der Waals surface area contributed by atoms with E-state index >= 15 is 0 Å². The molecule has 3 nitrogen and oxygen atoms in total. The first-order valence-electron chi connectivity index (χ1n) is 6.33. The van der Waals surface area contributed by atoms with Gasteiger partial charge < -0.3 is 11.1 Å². The number of hydrogen-bond acceptors (Lipinski definition) is 4. The highest BCUT2D eigenvalue weighted by atomic mass is 32.2. The summed E-state index contributed by atoms with van der Waals surface area (Å²) in [6, 6.07) is 1.87. The van der Waals surface area contributed by atoms with Gasteiger partial charge in [-0.2, -0.15) is 11.8 Å². The van der Waals surface area contributed by atoms with Crippen molar-refractivity contribution in [2.24, 2.45) is 5.73 Å². The number of thioether (sulfide) groups is 1. The molecule has 1 aliphatic carbocycles. The van der Waals surface area contributed by atoms with Gasteiger partial charge in [0, 0.05) is 9.75 Å². The zero-order valence-corrected chi connectivity index (χ0v) is 12.3. The van der Waals surface area contributed by atoms with Crippen LogP contribution in [0.1, 0.15) is 28.2 Å². The van der Waals surface area contributed by atoms with Crippen molar-refractivity contribution in [2.45, 2.75) is 38.3 Å². The SMILES string of the molecule is CSCC[C@@H](N)C(=O)NCc1cc2c(s1)CCC2. The smallest absolute Gasteiger partial charge is 0.237 e. The number of rotatable bonds is 6. The van der Waals surface area contributed by atoms with Crippen molar-refractivity contribution in [1.29, 1.82) is 0 Å². The van der Waals surface area contributed by atoms with Gasteiger partial charge in [-0.25, -0.2) is 0 Å². The van der Waals surface area contributed by atoms with Crippen molar-refractivity contribution in [3.8, 4) is 0 Å². The third kappa shape index (κ3) is 3.49. The van der Waals surface area contributed by atoms with E-state index in [1.54, 1.807) is 11.8 Å². The van der Waals surface area contributed by atoms with Crippen LogP contribution in [0.4, 0.5) is 0 Å². The van der Waals surface area contributed by atoms with Gasteiger partial charge in [0.1, 0.15) is 0 Å². The second-order valence-corrected chi connectivity index (χ2v) is 6.83. The molecule has 0 saturated carbocycles. The second kappa shape index (κ2) is 6.59. The Morgan fingerprint density at radius 1 is 1.61 bits per heavy atom. The normalized spacial score (nSPS) is 15.4. The molecule has 5 heteroatoms. The van der Waals surface area contributed by atoms with E-state index in [2.05, 4.69) is 11.4 Å². The van der Waals surface area contributed by atoms with Crippen molar-refractivity contribution < 1.29 is 4.79 Å². The first-order valence-corrected chi connectivity index (χ1v) is 8.54. The minimum absolute atomic E-state index is 0.0300. The van der Waals surface area contributed by atoms with E-state index in [1.165, 1.54) is 34.6 Å². The summed E-state index contributed by atoms with van der Waals surface area (Å²) in [4.78, 5) is 14.5. The van der Waals surface area contributed by atoms with E-state index in [0.29, 0.717) is 6.54 Å². The first-order chi connectivity index (χ1) is 8.70. The van der Waals surface area contributed by atoms with Crippen molar-refractivity contribution in [1.82, 2.24) is 5.32 Å². The third-order valence-corrected chi connectivity index (χ3v) is 5.09. The largest absolute Gasteiger partial charge is 0.350 e. The summed E-state index contributed by atoms with van der Waals surface area (Å²) in [7, 11) is 0. The molecular weight excluding hydrogens is 264 g/mol. The number of fused-ring (bicyclic) bond motifs is 1. The Labute approximate surface area is 117 Å². The number of carbonyl (C=O) groups is 1. The van der Waals surface area contributed by atoms with Crippen molar-refractivity contribution >= 4 is 29.0 Å². The summed E-state index contributed by atoms with van der Waals surface area (Å²) in [6.45, 7) is 0.628. The standard InChI is InChI=1S/C13H20N2OS2/c1-17-6-5-11(14)13(16)15-8-10-7-9-3-2-4-12(9)18-10/h7,11H,2-6,8,14H2,1H3,(H,15,16)/t11-/m1/s1. The van der Waals surface area contributed by atoms with Crippen LogP contribution < -0.4 is 11.1 Å². The van der Waals surface area contributed by atoms with Crippen LogP contribution in [0.2, 0.25) is 0 Å². The highest BCUT2D eigenvalue weighted by Crippen LogP contribution is 2.30. The van der Waals surface area contributed by atoms with Gasteiger partial charge in [-0.15, -0.1) is 11.3 Å².